The van der Waals surface area contributed by atoms with Crippen LogP contribution in [0.5, 0.6) is 11.5 Å². The lowest BCUT2D eigenvalue weighted by atomic mass is 9.99. The molecule has 1 aromatic carbocycles. The third kappa shape index (κ3) is 2.21. The Hall–Kier alpha value is -1.43. The largest absolute Gasteiger partial charge is 0.504 e. The number of phenols is 1. The van der Waals surface area contributed by atoms with Crippen molar-refractivity contribution in [2.75, 3.05) is 7.11 Å². The fourth-order valence-electron chi connectivity index (χ4n) is 1.41. The van der Waals surface area contributed by atoms with Crippen molar-refractivity contribution in [3.8, 4) is 11.5 Å². The highest BCUT2D eigenvalue weighted by Gasteiger charge is 2.40. The number of aromatic hydroxyl groups is 1. The van der Waals surface area contributed by atoms with E-state index in [1.807, 2.05) is 0 Å². The molecule has 0 unspecified atom stereocenters. The third-order valence-electron chi connectivity index (χ3n) is 2.28. The third-order valence-corrected chi connectivity index (χ3v) is 2.28. The van der Waals surface area contributed by atoms with Crippen molar-refractivity contribution in [1.29, 1.82) is 0 Å². The first kappa shape index (κ1) is 12.6. The van der Waals surface area contributed by atoms with E-state index in [4.69, 9.17) is 10.5 Å². The van der Waals surface area contributed by atoms with E-state index in [0.717, 1.165) is 0 Å². The minimum Gasteiger partial charge on any atom is -0.504 e. The lowest BCUT2D eigenvalue weighted by molar-refractivity contribution is -0.149. The van der Waals surface area contributed by atoms with E-state index in [2.05, 4.69) is 0 Å². The molecule has 0 aliphatic heterocycles. The molecule has 0 saturated carbocycles. The average molecular weight is 235 g/mol. The van der Waals surface area contributed by atoms with Gasteiger partial charge in [0.25, 0.3) is 0 Å². The SMILES string of the molecule is COc1ccc(C)c([C@H](N)C(F)(F)F)c1O. The summed E-state index contributed by atoms with van der Waals surface area (Å²) in [4.78, 5) is 0. The highest BCUT2D eigenvalue weighted by molar-refractivity contribution is 5.51. The summed E-state index contributed by atoms with van der Waals surface area (Å²) in [5, 5.41) is 9.60. The molecule has 0 aliphatic rings. The molecule has 1 rings (SSSR count). The van der Waals surface area contributed by atoms with Crippen molar-refractivity contribution in [2.24, 2.45) is 5.73 Å². The molecule has 3 nitrogen and oxygen atoms in total. The Balaban J connectivity index is 3.32. The van der Waals surface area contributed by atoms with E-state index in [0.29, 0.717) is 0 Å². The van der Waals surface area contributed by atoms with Crippen molar-refractivity contribution in [1.82, 2.24) is 0 Å². The van der Waals surface area contributed by atoms with E-state index in [9.17, 15) is 18.3 Å². The number of halogens is 3. The minimum absolute atomic E-state index is 0.0275. The topological polar surface area (TPSA) is 55.5 Å². The van der Waals surface area contributed by atoms with E-state index in [-0.39, 0.29) is 16.9 Å². The zero-order valence-corrected chi connectivity index (χ0v) is 8.80. The number of alkyl halides is 3. The highest BCUT2D eigenvalue weighted by atomic mass is 19.4. The van der Waals surface area contributed by atoms with Crippen molar-refractivity contribution in [3.63, 3.8) is 0 Å². The average Bonchev–Trinajstić information content (AvgIpc) is 2.16. The zero-order valence-electron chi connectivity index (χ0n) is 8.80. The maximum atomic E-state index is 12.5. The smallest absolute Gasteiger partial charge is 0.407 e. The van der Waals surface area contributed by atoms with Crippen molar-refractivity contribution < 1.29 is 23.0 Å². The van der Waals surface area contributed by atoms with Gasteiger partial charge in [-0.2, -0.15) is 13.2 Å². The van der Waals surface area contributed by atoms with Gasteiger partial charge in [0, 0.05) is 5.56 Å². The second kappa shape index (κ2) is 4.21. The Kier molecular flexibility index (Phi) is 3.32. The summed E-state index contributed by atoms with van der Waals surface area (Å²) in [5.41, 5.74) is 4.97. The Morgan fingerprint density at radius 2 is 1.94 bits per heavy atom. The van der Waals surface area contributed by atoms with E-state index in [1.165, 1.54) is 26.2 Å². The summed E-state index contributed by atoms with van der Waals surface area (Å²) >= 11 is 0. The summed E-state index contributed by atoms with van der Waals surface area (Å²) in [6.07, 6.45) is -4.60. The monoisotopic (exact) mass is 235 g/mol. The van der Waals surface area contributed by atoms with Gasteiger partial charge in [-0.15, -0.1) is 0 Å². The summed E-state index contributed by atoms with van der Waals surface area (Å²) in [6, 6.07) is 0.583. The number of benzene rings is 1. The normalized spacial score (nSPS) is 13.6. The molecule has 0 radical (unpaired) electrons. The Bertz CT molecular complexity index is 390. The molecule has 0 heterocycles. The van der Waals surface area contributed by atoms with Gasteiger partial charge in [-0.25, -0.2) is 0 Å². The molecule has 0 saturated heterocycles. The van der Waals surface area contributed by atoms with E-state index in [1.54, 1.807) is 0 Å². The summed E-state index contributed by atoms with van der Waals surface area (Å²) in [6.45, 7) is 1.44. The summed E-state index contributed by atoms with van der Waals surface area (Å²) in [5.74, 6) is -0.590. The molecule has 0 aliphatic carbocycles. The lowest BCUT2D eigenvalue weighted by Crippen LogP contribution is -2.29. The first-order valence-electron chi connectivity index (χ1n) is 4.47. The second-order valence-corrected chi connectivity index (χ2v) is 3.37. The Labute approximate surface area is 90.6 Å². The van der Waals surface area contributed by atoms with Crippen LogP contribution in [0, 0.1) is 6.92 Å². The number of hydrogen-bond donors (Lipinski definition) is 2. The van der Waals surface area contributed by atoms with Crippen LogP contribution < -0.4 is 10.5 Å². The first-order valence-corrected chi connectivity index (χ1v) is 4.47. The van der Waals surface area contributed by atoms with Crippen LogP contribution in [0.15, 0.2) is 12.1 Å². The van der Waals surface area contributed by atoms with Crippen molar-refractivity contribution in [3.05, 3.63) is 23.3 Å². The summed E-state index contributed by atoms with van der Waals surface area (Å²) < 4.78 is 42.1. The van der Waals surface area contributed by atoms with Gasteiger partial charge in [-0.05, 0) is 18.6 Å². The number of phenolic OH excluding ortho intramolecular Hbond substituents is 1. The fourth-order valence-corrected chi connectivity index (χ4v) is 1.41. The van der Waals surface area contributed by atoms with Gasteiger partial charge in [0.1, 0.15) is 6.04 Å². The molecule has 1 atom stereocenters. The van der Waals surface area contributed by atoms with Crippen LogP contribution in [-0.2, 0) is 0 Å². The molecule has 0 amide bonds. The van der Waals surface area contributed by atoms with Crippen molar-refractivity contribution >= 4 is 0 Å². The number of nitrogens with two attached hydrogens (primary N) is 1. The van der Waals surface area contributed by atoms with E-state index < -0.39 is 18.0 Å². The van der Waals surface area contributed by atoms with Gasteiger partial charge in [0.2, 0.25) is 0 Å². The molecule has 1 aromatic rings. The summed E-state index contributed by atoms with van der Waals surface area (Å²) in [7, 11) is 1.26. The molecule has 6 heteroatoms. The van der Waals surface area contributed by atoms with E-state index >= 15 is 0 Å². The van der Waals surface area contributed by atoms with Gasteiger partial charge in [0.15, 0.2) is 11.5 Å². The fraction of sp³-hybridized carbons (Fsp3) is 0.400. The molecule has 3 N–H and O–H groups in total. The number of rotatable bonds is 2. The predicted molar refractivity (Wildman–Crippen MR) is 52.4 cm³/mol. The minimum atomic E-state index is -4.60. The number of aryl methyl sites for hydroxylation is 1. The molecule has 0 spiro atoms. The van der Waals surface area contributed by atoms with Gasteiger partial charge in [-0.3, -0.25) is 0 Å². The molecule has 16 heavy (non-hydrogen) atoms. The van der Waals surface area contributed by atoms with Crippen LogP contribution in [-0.4, -0.2) is 18.4 Å². The first-order chi connectivity index (χ1) is 7.29. The van der Waals surface area contributed by atoms with Crippen LogP contribution in [0.25, 0.3) is 0 Å². The molecule has 0 aromatic heterocycles. The predicted octanol–water partition coefficient (Wildman–Crippen LogP) is 2.27. The maximum Gasteiger partial charge on any atom is 0.407 e. The Morgan fingerprint density at radius 1 is 1.38 bits per heavy atom. The standard InChI is InChI=1S/C10H12F3NO2/c1-5-3-4-6(16-2)8(15)7(5)9(14)10(11,12)13/h3-4,9,15H,14H2,1-2H3/t9-/m0/s1. The number of ether oxygens (including phenoxy) is 1. The molecule has 0 fully saturated rings. The van der Waals surface area contributed by atoms with Crippen molar-refractivity contribution in [2.45, 2.75) is 19.1 Å². The van der Waals surface area contributed by atoms with Crippen LogP contribution in [0.1, 0.15) is 17.2 Å². The van der Waals surface area contributed by atoms with Crippen LogP contribution >= 0.6 is 0 Å². The molecule has 90 valence electrons. The van der Waals surface area contributed by atoms with Crippen LogP contribution in [0.3, 0.4) is 0 Å². The lowest BCUT2D eigenvalue weighted by Gasteiger charge is -2.20. The second-order valence-electron chi connectivity index (χ2n) is 3.37. The van der Waals surface area contributed by atoms with Gasteiger partial charge in [0.05, 0.1) is 7.11 Å². The van der Waals surface area contributed by atoms with Crippen LogP contribution in [0.4, 0.5) is 13.2 Å². The maximum absolute atomic E-state index is 12.5. The van der Waals surface area contributed by atoms with Gasteiger partial charge < -0.3 is 15.6 Å². The Morgan fingerprint density at radius 3 is 2.38 bits per heavy atom. The quantitative estimate of drug-likeness (QED) is 0.826. The number of hydrogen-bond acceptors (Lipinski definition) is 3. The highest BCUT2D eigenvalue weighted by Crippen LogP contribution is 2.41. The molecule has 0 bridgehead atoms. The number of methoxy groups -OCH3 is 1. The van der Waals surface area contributed by atoms with Gasteiger partial charge in [-0.1, -0.05) is 6.07 Å². The molecular weight excluding hydrogens is 223 g/mol. The zero-order chi connectivity index (χ0) is 12.5. The molecular formula is C10H12F3NO2. The van der Waals surface area contributed by atoms with Gasteiger partial charge >= 0.3 is 6.18 Å². The van der Waals surface area contributed by atoms with Crippen LogP contribution in [0.2, 0.25) is 0 Å².